The molecule has 0 spiro atoms. The summed E-state index contributed by atoms with van der Waals surface area (Å²) >= 11 is 1.77. The van der Waals surface area contributed by atoms with E-state index < -0.39 is 0 Å². The molecule has 0 aliphatic rings. The number of hydrogen-bond acceptors (Lipinski definition) is 5. The van der Waals surface area contributed by atoms with Crippen molar-refractivity contribution >= 4 is 17.3 Å². The molecule has 6 nitrogen and oxygen atoms in total. The van der Waals surface area contributed by atoms with Crippen LogP contribution in [0.4, 0.5) is 0 Å². The van der Waals surface area contributed by atoms with E-state index >= 15 is 0 Å². The summed E-state index contributed by atoms with van der Waals surface area (Å²) in [4.78, 5) is 10.0. The Balaban J connectivity index is 1.48. The molecule has 2 aromatic heterocycles. The van der Waals surface area contributed by atoms with Crippen LogP contribution in [-0.4, -0.2) is 31.1 Å². The second-order valence-corrected chi connectivity index (χ2v) is 7.20. The zero-order valence-corrected chi connectivity index (χ0v) is 17.5. The SMILES string of the molecule is CCOc1ccccc1Oc1ccc(CNC(=NC)NCCc2cccs2)cn1. The minimum Gasteiger partial charge on any atom is -0.490 e. The first-order chi connectivity index (χ1) is 14.3. The van der Waals surface area contributed by atoms with E-state index in [2.05, 4.69) is 38.1 Å². The van der Waals surface area contributed by atoms with E-state index in [1.54, 1.807) is 24.6 Å². The summed E-state index contributed by atoms with van der Waals surface area (Å²) < 4.78 is 11.4. The quantitative estimate of drug-likeness (QED) is 0.408. The largest absolute Gasteiger partial charge is 0.490 e. The number of rotatable bonds is 9. The Labute approximate surface area is 175 Å². The van der Waals surface area contributed by atoms with Crippen molar-refractivity contribution in [3.05, 3.63) is 70.5 Å². The number of guanidine groups is 1. The van der Waals surface area contributed by atoms with Crippen molar-refractivity contribution in [3.63, 3.8) is 0 Å². The molecule has 0 amide bonds. The maximum Gasteiger partial charge on any atom is 0.219 e. The van der Waals surface area contributed by atoms with Gasteiger partial charge in [0.25, 0.3) is 0 Å². The molecule has 3 aromatic rings. The van der Waals surface area contributed by atoms with E-state index in [4.69, 9.17) is 9.47 Å². The molecule has 152 valence electrons. The van der Waals surface area contributed by atoms with Crippen molar-refractivity contribution in [1.29, 1.82) is 0 Å². The van der Waals surface area contributed by atoms with Crippen LogP contribution in [0.2, 0.25) is 0 Å². The summed E-state index contributed by atoms with van der Waals surface area (Å²) in [7, 11) is 1.77. The van der Waals surface area contributed by atoms with Crippen molar-refractivity contribution in [2.75, 3.05) is 20.2 Å². The van der Waals surface area contributed by atoms with Crippen LogP contribution in [0, 0.1) is 0 Å². The predicted octanol–water partition coefficient (Wildman–Crippen LogP) is 4.24. The van der Waals surface area contributed by atoms with Gasteiger partial charge in [-0.1, -0.05) is 24.3 Å². The van der Waals surface area contributed by atoms with Crippen LogP contribution in [-0.2, 0) is 13.0 Å². The molecule has 7 heteroatoms. The molecule has 0 bridgehead atoms. The highest BCUT2D eigenvalue weighted by Crippen LogP contribution is 2.30. The molecule has 0 saturated carbocycles. The monoisotopic (exact) mass is 410 g/mol. The molecule has 2 heterocycles. The minimum absolute atomic E-state index is 0.527. The maximum absolute atomic E-state index is 5.86. The van der Waals surface area contributed by atoms with Gasteiger partial charge in [-0.2, -0.15) is 0 Å². The molecule has 0 unspecified atom stereocenters. The topological polar surface area (TPSA) is 67.8 Å². The first-order valence-corrected chi connectivity index (χ1v) is 10.5. The van der Waals surface area contributed by atoms with Gasteiger partial charge in [-0.15, -0.1) is 11.3 Å². The van der Waals surface area contributed by atoms with E-state index in [9.17, 15) is 0 Å². The zero-order valence-electron chi connectivity index (χ0n) is 16.7. The van der Waals surface area contributed by atoms with E-state index in [0.29, 0.717) is 30.5 Å². The highest BCUT2D eigenvalue weighted by atomic mass is 32.1. The molecule has 0 saturated heterocycles. The average Bonchev–Trinajstić information content (AvgIpc) is 3.27. The lowest BCUT2D eigenvalue weighted by Crippen LogP contribution is -2.37. The Morgan fingerprint density at radius 2 is 1.93 bits per heavy atom. The molecule has 0 aliphatic heterocycles. The first-order valence-electron chi connectivity index (χ1n) is 9.60. The third-order valence-corrected chi connectivity index (χ3v) is 5.02. The molecule has 3 rings (SSSR count). The Hall–Kier alpha value is -3.06. The van der Waals surface area contributed by atoms with Gasteiger partial charge in [0.2, 0.25) is 5.88 Å². The lowest BCUT2D eigenvalue weighted by Gasteiger charge is -2.12. The highest BCUT2D eigenvalue weighted by molar-refractivity contribution is 7.09. The van der Waals surface area contributed by atoms with Crippen molar-refractivity contribution < 1.29 is 9.47 Å². The molecular formula is C22H26N4O2S. The van der Waals surface area contributed by atoms with Gasteiger partial charge in [-0.3, -0.25) is 4.99 Å². The van der Waals surface area contributed by atoms with Gasteiger partial charge in [-0.05, 0) is 42.5 Å². The van der Waals surface area contributed by atoms with Crippen LogP contribution in [0.1, 0.15) is 17.4 Å². The number of aromatic nitrogens is 1. The first kappa shape index (κ1) is 20.7. The van der Waals surface area contributed by atoms with Crippen molar-refractivity contribution in [3.8, 4) is 17.4 Å². The van der Waals surface area contributed by atoms with E-state index in [0.717, 1.165) is 24.5 Å². The molecule has 0 fully saturated rings. The fourth-order valence-corrected chi connectivity index (χ4v) is 3.37. The molecule has 1 aromatic carbocycles. The number of aliphatic imine (C=N–C) groups is 1. The van der Waals surface area contributed by atoms with Crippen molar-refractivity contribution in [2.24, 2.45) is 4.99 Å². The van der Waals surface area contributed by atoms with Crippen LogP contribution in [0.3, 0.4) is 0 Å². The number of pyridine rings is 1. The average molecular weight is 411 g/mol. The van der Waals surface area contributed by atoms with Crippen LogP contribution in [0.5, 0.6) is 17.4 Å². The van der Waals surface area contributed by atoms with Gasteiger partial charge in [0, 0.05) is 37.3 Å². The summed E-state index contributed by atoms with van der Waals surface area (Å²) in [6.45, 7) is 3.99. The number of thiophene rings is 1. The second-order valence-electron chi connectivity index (χ2n) is 6.17. The number of para-hydroxylation sites is 2. The Morgan fingerprint density at radius 3 is 2.62 bits per heavy atom. The number of hydrogen-bond donors (Lipinski definition) is 2. The summed E-state index contributed by atoms with van der Waals surface area (Å²) in [5.41, 5.74) is 1.04. The highest BCUT2D eigenvalue weighted by Gasteiger charge is 2.06. The molecular weight excluding hydrogens is 384 g/mol. The van der Waals surface area contributed by atoms with E-state index in [-0.39, 0.29) is 0 Å². The lowest BCUT2D eigenvalue weighted by molar-refractivity contribution is 0.319. The van der Waals surface area contributed by atoms with Gasteiger partial charge < -0.3 is 20.1 Å². The third kappa shape index (κ3) is 6.50. The van der Waals surface area contributed by atoms with Gasteiger partial charge in [-0.25, -0.2) is 4.98 Å². The standard InChI is InChI=1S/C22H26N4O2S/c1-3-27-19-8-4-5-9-20(19)28-21-11-10-17(15-25-21)16-26-22(23-2)24-13-12-18-7-6-14-29-18/h4-11,14-15H,3,12-13,16H2,1-2H3,(H2,23,24,26). The van der Waals surface area contributed by atoms with Crippen LogP contribution >= 0.6 is 11.3 Å². The van der Waals surface area contributed by atoms with Crippen LogP contribution in [0.25, 0.3) is 0 Å². The summed E-state index contributed by atoms with van der Waals surface area (Å²) in [6.07, 6.45) is 2.78. The number of ether oxygens (including phenoxy) is 2. The molecule has 0 atom stereocenters. The summed E-state index contributed by atoms with van der Waals surface area (Å²) in [6, 6.07) is 15.6. The van der Waals surface area contributed by atoms with Gasteiger partial charge in [0.15, 0.2) is 17.5 Å². The fourth-order valence-electron chi connectivity index (χ4n) is 2.66. The van der Waals surface area contributed by atoms with E-state index in [1.807, 2.05) is 43.3 Å². The second kappa shape index (κ2) is 11.1. The minimum atomic E-state index is 0.527. The lowest BCUT2D eigenvalue weighted by atomic mass is 10.3. The number of nitrogens with one attached hydrogen (secondary N) is 2. The van der Waals surface area contributed by atoms with Gasteiger partial charge in [0.05, 0.1) is 6.61 Å². The van der Waals surface area contributed by atoms with Gasteiger partial charge >= 0.3 is 0 Å². The molecule has 2 N–H and O–H groups in total. The maximum atomic E-state index is 5.86. The third-order valence-electron chi connectivity index (χ3n) is 4.09. The number of benzene rings is 1. The normalized spacial score (nSPS) is 11.2. The summed E-state index contributed by atoms with van der Waals surface area (Å²) in [5, 5.41) is 8.72. The molecule has 29 heavy (non-hydrogen) atoms. The smallest absolute Gasteiger partial charge is 0.219 e. The van der Waals surface area contributed by atoms with Gasteiger partial charge in [0.1, 0.15) is 0 Å². The van der Waals surface area contributed by atoms with Crippen LogP contribution in [0.15, 0.2) is 65.1 Å². The molecule has 0 radical (unpaired) electrons. The van der Waals surface area contributed by atoms with E-state index in [1.165, 1.54) is 4.88 Å². The van der Waals surface area contributed by atoms with Crippen molar-refractivity contribution in [2.45, 2.75) is 19.9 Å². The Morgan fingerprint density at radius 1 is 1.07 bits per heavy atom. The zero-order chi connectivity index (χ0) is 20.3. The fraction of sp³-hybridized carbons (Fsp3) is 0.273. The van der Waals surface area contributed by atoms with Crippen molar-refractivity contribution in [1.82, 2.24) is 15.6 Å². The number of nitrogens with zero attached hydrogens (tertiary/aromatic N) is 2. The predicted molar refractivity (Wildman–Crippen MR) is 118 cm³/mol. The Bertz CT molecular complexity index is 895. The Kier molecular flexibility index (Phi) is 7.89. The summed E-state index contributed by atoms with van der Waals surface area (Å²) in [5.74, 6) is 2.66. The van der Waals surface area contributed by atoms with Crippen LogP contribution < -0.4 is 20.1 Å². The molecule has 0 aliphatic carbocycles.